The van der Waals surface area contributed by atoms with Crippen LogP contribution in [0.5, 0.6) is 11.5 Å². The van der Waals surface area contributed by atoms with Crippen LogP contribution in [0.15, 0.2) is 66.9 Å². The number of rotatable bonds is 9. The van der Waals surface area contributed by atoms with Crippen LogP contribution >= 0.6 is 0 Å². The Morgan fingerprint density at radius 2 is 1.61 bits per heavy atom. The van der Waals surface area contributed by atoms with Gasteiger partial charge in [0.25, 0.3) is 5.91 Å². The van der Waals surface area contributed by atoms with Gasteiger partial charge in [-0.1, -0.05) is 0 Å². The molecule has 4 aromatic rings. The number of pyridine rings is 1. The normalized spacial score (nSPS) is 13.5. The summed E-state index contributed by atoms with van der Waals surface area (Å²) in [5.41, 5.74) is 0.499. The number of hydrogen-bond acceptors (Lipinski definition) is 6. The monoisotopic (exact) mass is 517 g/mol. The molecule has 0 aliphatic heterocycles. The summed E-state index contributed by atoms with van der Waals surface area (Å²) in [6, 6.07) is 15.3. The Kier molecular flexibility index (Phi) is 6.75. The molecule has 11 heteroatoms. The molecule has 38 heavy (non-hydrogen) atoms. The van der Waals surface area contributed by atoms with E-state index in [4.69, 9.17) is 9.84 Å². The fraction of sp³-hybridized carbons (Fsp3) is 0.185. The molecule has 0 saturated heterocycles. The molecular formula is C27H24FN5O5. The number of benzene rings is 2. The summed E-state index contributed by atoms with van der Waals surface area (Å²) in [6.45, 7) is -0.0346. The minimum Gasteiger partial charge on any atom is -0.457 e. The SMILES string of the molecule is O=C(NCCO)c1cc2c(Oc3ccc(NC(=O)C4(C(=O)Nc5ccc(F)cc5)CC4)cc3)ccnc2[nH]1. The predicted molar refractivity (Wildman–Crippen MR) is 137 cm³/mol. The van der Waals surface area contributed by atoms with Crippen LogP contribution in [-0.2, 0) is 9.59 Å². The minimum atomic E-state index is -1.17. The number of aliphatic hydroxyl groups is 1. The maximum Gasteiger partial charge on any atom is 0.267 e. The molecule has 0 radical (unpaired) electrons. The number of carbonyl (C=O) groups excluding carboxylic acids is 3. The van der Waals surface area contributed by atoms with Gasteiger partial charge in [-0.15, -0.1) is 0 Å². The number of carbonyl (C=O) groups is 3. The van der Waals surface area contributed by atoms with Gasteiger partial charge in [-0.25, -0.2) is 9.37 Å². The van der Waals surface area contributed by atoms with Gasteiger partial charge in [0.05, 0.1) is 12.0 Å². The topological polar surface area (TPSA) is 145 Å². The summed E-state index contributed by atoms with van der Waals surface area (Å²) in [4.78, 5) is 45.0. The van der Waals surface area contributed by atoms with Gasteiger partial charge in [-0.05, 0) is 73.5 Å². The third kappa shape index (κ3) is 5.18. The van der Waals surface area contributed by atoms with Crippen molar-refractivity contribution in [3.8, 4) is 11.5 Å². The van der Waals surface area contributed by atoms with Crippen molar-refractivity contribution < 1.29 is 28.6 Å². The van der Waals surface area contributed by atoms with Crippen molar-refractivity contribution in [2.24, 2.45) is 5.41 Å². The molecule has 5 rings (SSSR count). The van der Waals surface area contributed by atoms with Gasteiger partial charge < -0.3 is 30.8 Å². The zero-order valence-electron chi connectivity index (χ0n) is 20.1. The van der Waals surface area contributed by atoms with Crippen molar-refractivity contribution in [1.29, 1.82) is 0 Å². The highest BCUT2D eigenvalue weighted by molar-refractivity contribution is 6.16. The fourth-order valence-corrected chi connectivity index (χ4v) is 3.93. The third-order valence-electron chi connectivity index (χ3n) is 6.20. The Bertz CT molecular complexity index is 1500. The van der Waals surface area contributed by atoms with E-state index < -0.39 is 23.0 Å². The van der Waals surface area contributed by atoms with Crippen LogP contribution in [0.2, 0.25) is 0 Å². The van der Waals surface area contributed by atoms with Crippen molar-refractivity contribution in [2.45, 2.75) is 12.8 Å². The van der Waals surface area contributed by atoms with E-state index in [1.165, 1.54) is 24.3 Å². The lowest BCUT2D eigenvalue weighted by Crippen LogP contribution is -2.35. The molecule has 5 N–H and O–H groups in total. The molecule has 0 spiro atoms. The molecule has 10 nitrogen and oxygen atoms in total. The zero-order valence-corrected chi connectivity index (χ0v) is 20.1. The van der Waals surface area contributed by atoms with E-state index in [0.29, 0.717) is 46.7 Å². The average Bonchev–Trinajstić information content (AvgIpc) is 3.62. The van der Waals surface area contributed by atoms with E-state index in [0.717, 1.165) is 0 Å². The molecule has 2 aromatic heterocycles. The van der Waals surface area contributed by atoms with Gasteiger partial charge in [0.2, 0.25) is 11.8 Å². The molecule has 1 aliphatic carbocycles. The largest absolute Gasteiger partial charge is 0.457 e. The number of nitrogens with one attached hydrogen (secondary N) is 4. The van der Waals surface area contributed by atoms with E-state index in [-0.39, 0.29) is 24.8 Å². The number of halogens is 1. The van der Waals surface area contributed by atoms with Gasteiger partial charge in [0.15, 0.2) is 0 Å². The van der Waals surface area contributed by atoms with Gasteiger partial charge >= 0.3 is 0 Å². The molecule has 0 atom stereocenters. The lowest BCUT2D eigenvalue weighted by Gasteiger charge is -2.16. The second-order valence-corrected chi connectivity index (χ2v) is 8.86. The van der Waals surface area contributed by atoms with Gasteiger partial charge in [0, 0.05) is 24.1 Å². The Balaban J connectivity index is 1.23. The number of amides is 3. The minimum absolute atomic E-state index is 0.133. The van der Waals surface area contributed by atoms with E-state index in [1.54, 1.807) is 42.6 Å². The van der Waals surface area contributed by atoms with Gasteiger partial charge in [-0.3, -0.25) is 14.4 Å². The Morgan fingerprint density at radius 3 is 2.21 bits per heavy atom. The van der Waals surface area contributed by atoms with E-state index >= 15 is 0 Å². The highest BCUT2D eigenvalue weighted by Crippen LogP contribution is 2.47. The van der Waals surface area contributed by atoms with E-state index in [9.17, 15) is 18.8 Å². The molecule has 3 amide bonds. The van der Waals surface area contributed by atoms with Crippen LogP contribution in [0.1, 0.15) is 23.3 Å². The van der Waals surface area contributed by atoms with Crippen molar-refractivity contribution in [2.75, 3.05) is 23.8 Å². The van der Waals surface area contributed by atoms with Crippen molar-refractivity contribution in [3.05, 3.63) is 78.4 Å². The second-order valence-electron chi connectivity index (χ2n) is 8.86. The number of nitrogens with zero attached hydrogens (tertiary/aromatic N) is 1. The number of aromatic nitrogens is 2. The first-order valence-corrected chi connectivity index (χ1v) is 11.9. The molecule has 1 saturated carbocycles. The van der Waals surface area contributed by atoms with E-state index in [2.05, 4.69) is 25.9 Å². The maximum absolute atomic E-state index is 13.1. The summed E-state index contributed by atoms with van der Waals surface area (Å²) < 4.78 is 19.1. The lowest BCUT2D eigenvalue weighted by atomic mass is 10.0. The third-order valence-corrected chi connectivity index (χ3v) is 6.20. The van der Waals surface area contributed by atoms with Gasteiger partial charge in [0.1, 0.15) is 34.1 Å². The summed E-state index contributed by atoms with van der Waals surface area (Å²) in [6.07, 6.45) is 2.38. The first-order chi connectivity index (χ1) is 18.4. The molecule has 0 bridgehead atoms. The number of ether oxygens (including phenoxy) is 1. The van der Waals surface area contributed by atoms with E-state index in [1.807, 2.05) is 0 Å². The number of aliphatic hydroxyl groups excluding tert-OH is 1. The quantitative estimate of drug-likeness (QED) is 0.215. The summed E-state index contributed by atoms with van der Waals surface area (Å²) in [5, 5.41) is 17.5. The summed E-state index contributed by atoms with van der Waals surface area (Å²) in [7, 11) is 0. The highest BCUT2D eigenvalue weighted by Gasteiger charge is 2.56. The summed E-state index contributed by atoms with van der Waals surface area (Å²) in [5.74, 6) is -0.679. The molecule has 194 valence electrons. The second kappa shape index (κ2) is 10.3. The number of H-pyrrole nitrogens is 1. The summed E-state index contributed by atoms with van der Waals surface area (Å²) >= 11 is 0. The van der Waals surface area contributed by atoms with Crippen LogP contribution in [0.25, 0.3) is 11.0 Å². The number of aromatic amines is 1. The van der Waals surface area contributed by atoms with Crippen LogP contribution in [0, 0.1) is 11.2 Å². The lowest BCUT2D eigenvalue weighted by molar-refractivity contribution is -0.131. The molecule has 2 aromatic carbocycles. The van der Waals surface area contributed by atoms with Gasteiger partial charge in [-0.2, -0.15) is 0 Å². The number of fused-ring (bicyclic) bond motifs is 1. The van der Waals surface area contributed by atoms with Crippen molar-refractivity contribution >= 4 is 40.1 Å². The van der Waals surface area contributed by atoms with Crippen LogP contribution in [0.3, 0.4) is 0 Å². The smallest absolute Gasteiger partial charge is 0.267 e. The van der Waals surface area contributed by atoms with Crippen molar-refractivity contribution in [1.82, 2.24) is 15.3 Å². The van der Waals surface area contributed by atoms with Crippen molar-refractivity contribution in [3.63, 3.8) is 0 Å². The first kappa shape index (κ1) is 24.9. The molecule has 0 unspecified atom stereocenters. The molecule has 2 heterocycles. The average molecular weight is 518 g/mol. The molecular weight excluding hydrogens is 493 g/mol. The zero-order chi connectivity index (χ0) is 26.7. The highest BCUT2D eigenvalue weighted by atomic mass is 19.1. The standard InChI is InChI=1S/C27H24FN5O5/c28-16-1-3-17(4-2-16)31-25(36)27(10-11-27)26(37)32-18-5-7-19(8-6-18)38-22-9-12-29-23-20(22)15-21(33-23)24(35)30-13-14-34/h1-9,12,15,34H,10-11,13-14H2,(H,29,33)(H,30,35)(H,31,36)(H,32,37). The van der Waals surface area contributed by atoms with Crippen LogP contribution < -0.4 is 20.7 Å². The molecule has 1 fully saturated rings. The maximum atomic E-state index is 13.1. The number of hydrogen-bond donors (Lipinski definition) is 5. The number of anilines is 2. The fourth-order valence-electron chi connectivity index (χ4n) is 3.93. The predicted octanol–water partition coefficient (Wildman–Crippen LogP) is 3.57. The van der Waals surface area contributed by atoms with Crippen LogP contribution in [-0.4, -0.2) is 45.9 Å². The Labute approximate surface area is 216 Å². The first-order valence-electron chi connectivity index (χ1n) is 11.9. The van der Waals surface area contributed by atoms with Crippen LogP contribution in [0.4, 0.5) is 15.8 Å². The Hall–Kier alpha value is -4.77. The molecule has 1 aliphatic rings. The Morgan fingerprint density at radius 1 is 0.974 bits per heavy atom.